The van der Waals surface area contributed by atoms with Gasteiger partial charge in [0.25, 0.3) is 0 Å². The molecule has 5 nitrogen and oxygen atoms in total. The van der Waals surface area contributed by atoms with Gasteiger partial charge >= 0.3 is 5.97 Å². The number of rotatable bonds is 6. The Morgan fingerprint density at radius 3 is 2.32 bits per heavy atom. The van der Waals surface area contributed by atoms with Crippen LogP contribution in [0.4, 0.5) is 0 Å². The van der Waals surface area contributed by atoms with Crippen molar-refractivity contribution in [2.45, 2.75) is 32.4 Å². The Morgan fingerprint density at radius 1 is 1.26 bits per heavy atom. The molecule has 0 aliphatic rings. The Bertz CT molecular complexity index is 432. The van der Waals surface area contributed by atoms with E-state index < -0.39 is 12.0 Å². The second kappa shape index (κ2) is 6.89. The van der Waals surface area contributed by atoms with Crippen LogP contribution in [0.1, 0.15) is 31.9 Å². The predicted molar refractivity (Wildman–Crippen MR) is 72.4 cm³/mol. The van der Waals surface area contributed by atoms with E-state index in [1.807, 2.05) is 18.2 Å². The van der Waals surface area contributed by atoms with Gasteiger partial charge in [-0.2, -0.15) is 0 Å². The van der Waals surface area contributed by atoms with Crippen LogP contribution in [0.3, 0.4) is 0 Å². The largest absolute Gasteiger partial charge is 0.481 e. The maximum atomic E-state index is 12.0. The van der Waals surface area contributed by atoms with E-state index in [0.29, 0.717) is 0 Å². The topological polar surface area (TPSA) is 92.4 Å². The van der Waals surface area contributed by atoms with Crippen LogP contribution in [0.15, 0.2) is 30.3 Å². The number of hydrogen-bond donors (Lipinski definition) is 3. The molecule has 0 aliphatic carbocycles. The summed E-state index contributed by atoms with van der Waals surface area (Å²) in [6.45, 7) is 3.47. The van der Waals surface area contributed by atoms with Crippen LogP contribution in [-0.4, -0.2) is 23.0 Å². The van der Waals surface area contributed by atoms with Crippen molar-refractivity contribution in [3.63, 3.8) is 0 Å². The molecular formula is C14H20N2O3. The summed E-state index contributed by atoms with van der Waals surface area (Å²) in [7, 11) is 0. The molecular weight excluding hydrogens is 244 g/mol. The molecule has 1 aromatic rings. The summed E-state index contributed by atoms with van der Waals surface area (Å²) in [4.78, 5) is 22.9. The highest BCUT2D eigenvalue weighted by Gasteiger charge is 2.22. The van der Waals surface area contributed by atoms with E-state index in [9.17, 15) is 9.59 Å². The number of nitrogens with one attached hydrogen (secondary N) is 1. The first-order valence-corrected chi connectivity index (χ1v) is 6.24. The Hall–Kier alpha value is -1.88. The van der Waals surface area contributed by atoms with Gasteiger partial charge in [0.05, 0.1) is 12.5 Å². The quantitative estimate of drug-likeness (QED) is 0.722. The fourth-order valence-corrected chi connectivity index (χ4v) is 1.65. The molecule has 104 valence electrons. The number of carboxylic acid groups (broad SMARTS) is 1. The third-order valence-corrected chi connectivity index (χ3v) is 3.10. The standard InChI is InChI=1S/C14H20N2O3/c1-9(10(2)15)14(19)16-12(8-13(17)18)11-6-4-3-5-7-11/h3-7,9-10,12H,8,15H2,1-2H3,(H,16,19)(H,17,18). The second-order valence-corrected chi connectivity index (χ2v) is 4.72. The lowest BCUT2D eigenvalue weighted by atomic mass is 10.00. The highest BCUT2D eigenvalue weighted by Crippen LogP contribution is 2.17. The maximum absolute atomic E-state index is 12.0. The first-order valence-electron chi connectivity index (χ1n) is 6.24. The Labute approximate surface area is 112 Å². The molecule has 1 rings (SSSR count). The van der Waals surface area contributed by atoms with Crippen LogP contribution in [0, 0.1) is 5.92 Å². The van der Waals surface area contributed by atoms with Gasteiger partial charge in [0.1, 0.15) is 0 Å². The van der Waals surface area contributed by atoms with Gasteiger partial charge in [-0.25, -0.2) is 0 Å². The fraction of sp³-hybridized carbons (Fsp3) is 0.429. The normalized spacial score (nSPS) is 15.3. The highest BCUT2D eigenvalue weighted by molar-refractivity contribution is 5.80. The van der Waals surface area contributed by atoms with Gasteiger partial charge in [-0.05, 0) is 12.5 Å². The molecule has 0 fully saturated rings. The first-order chi connectivity index (χ1) is 8.91. The van der Waals surface area contributed by atoms with Crippen molar-refractivity contribution in [3.05, 3.63) is 35.9 Å². The average Bonchev–Trinajstić information content (AvgIpc) is 2.37. The monoisotopic (exact) mass is 264 g/mol. The van der Waals surface area contributed by atoms with Crippen LogP contribution in [0.25, 0.3) is 0 Å². The van der Waals surface area contributed by atoms with E-state index in [0.717, 1.165) is 5.56 Å². The molecule has 5 heteroatoms. The van der Waals surface area contributed by atoms with Crippen molar-refractivity contribution in [3.8, 4) is 0 Å². The van der Waals surface area contributed by atoms with Crippen LogP contribution in [-0.2, 0) is 9.59 Å². The second-order valence-electron chi connectivity index (χ2n) is 4.72. The van der Waals surface area contributed by atoms with Crippen molar-refractivity contribution in [1.29, 1.82) is 0 Å². The SMILES string of the molecule is CC(N)C(C)C(=O)NC(CC(=O)O)c1ccccc1. The molecule has 0 saturated heterocycles. The first kappa shape index (κ1) is 15.2. The van der Waals surface area contributed by atoms with E-state index in [2.05, 4.69) is 5.32 Å². The molecule has 0 bridgehead atoms. The summed E-state index contributed by atoms with van der Waals surface area (Å²) in [5.74, 6) is -1.55. The molecule has 1 amide bonds. The van der Waals surface area contributed by atoms with E-state index in [1.54, 1.807) is 26.0 Å². The summed E-state index contributed by atoms with van der Waals surface area (Å²) in [6.07, 6.45) is -0.151. The van der Waals surface area contributed by atoms with Crippen molar-refractivity contribution in [1.82, 2.24) is 5.32 Å². The summed E-state index contributed by atoms with van der Waals surface area (Å²) < 4.78 is 0. The predicted octanol–water partition coefficient (Wildman–Crippen LogP) is 1.30. The molecule has 0 spiro atoms. The summed E-state index contributed by atoms with van der Waals surface area (Å²) >= 11 is 0. The minimum absolute atomic E-state index is 0.151. The molecule has 0 radical (unpaired) electrons. The lowest BCUT2D eigenvalue weighted by Crippen LogP contribution is -2.40. The number of carbonyl (C=O) groups is 2. The number of hydrogen-bond acceptors (Lipinski definition) is 3. The smallest absolute Gasteiger partial charge is 0.305 e. The highest BCUT2D eigenvalue weighted by atomic mass is 16.4. The molecule has 3 unspecified atom stereocenters. The molecule has 19 heavy (non-hydrogen) atoms. The van der Waals surface area contributed by atoms with Gasteiger partial charge in [-0.3, -0.25) is 9.59 Å². The van der Waals surface area contributed by atoms with E-state index in [4.69, 9.17) is 10.8 Å². The third kappa shape index (κ3) is 4.71. The van der Waals surface area contributed by atoms with E-state index in [1.165, 1.54) is 0 Å². The van der Waals surface area contributed by atoms with Crippen LogP contribution in [0.2, 0.25) is 0 Å². The zero-order chi connectivity index (χ0) is 14.4. The molecule has 3 atom stereocenters. The Morgan fingerprint density at radius 2 is 1.84 bits per heavy atom. The lowest BCUT2D eigenvalue weighted by Gasteiger charge is -2.21. The minimum atomic E-state index is -0.956. The van der Waals surface area contributed by atoms with Crippen molar-refractivity contribution >= 4 is 11.9 Å². The number of nitrogens with two attached hydrogens (primary N) is 1. The number of amides is 1. The number of carbonyl (C=O) groups excluding carboxylic acids is 1. The fourth-order valence-electron chi connectivity index (χ4n) is 1.65. The van der Waals surface area contributed by atoms with E-state index in [-0.39, 0.29) is 24.3 Å². The van der Waals surface area contributed by atoms with Gasteiger partial charge in [-0.1, -0.05) is 37.3 Å². The van der Waals surface area contributed by atoms with E-state index >= 15 is 0 Å². The number of benzene rings is 1. The number of carboxylic acids is 1. The van der Waals surface area contributed by atoms with Crippen molar-refractivity contribution in [2.75, 3.05) is 0 Å². The summed E-state index contributed by atoms with van der Waals surface area (Å²) in [6, 6.07) is 8.24. The summed E-state index contributed by atoms with van der Waals surface area (Å²) in [5, 5.41) is 11.7. The van der Waals surface area contributed by atoms with Gasteiger partial charge in [-0.15, -0.1) is 0 Å². The molecule has 1 aromatic carbocycles. The molecule has 0 aromatic heterocycles. The lowest BCUT2D eigenvalue weighted by molar-refractivity contribution is -0.137. The Balaban J connectivity index is 2.82. The minimum Gasteiger partial charge on any atom is -0.481 e. The molecule has 0 heterocycles. The molecule has 4 N–H and O–H groups in total. The van der Waals surface area contributed by atoms with Gasteiger partial charge in [0, 0.05) is 12.0 Å². The van der Waals surface area contributed by atoms with Gasteiger partial charge in [0.15, 0.2) is 0 Å². The van der Waals surface area contributed by atoms with Gasteiger partial charge in [0.2, 0.25) is 5.91 Å². The van der Waals surface area contributed by atoms with Crippen molar-refractivity contribution < 1.29 is 14.7 Å². The zero-order valence-electron chi connectivity index (χ0n) is 11.2. The maximum Gasteiger partial charge on any atom is 0.305 e. The summed E-state index contributed by atoms with van der Waals surface area (Å²) in [5.41, 5.74) is 6.45. The Kier molecular flexibility index (Phi) is 5.51. The van der Waals surface area contributed by atoms with Gasteiger partial charge < -0.3 is 16.2 Å². The van der Waals surface area contributed by atoms with Crippen LogP contribution in [0.5, 0.6) is 0 Å². The average molecular weight is 264 g/mol. The van der Waals surface area contributed by atoms with Crippen LogP contribution >= 0.6 is 0 Å². The molecule has 0 aliphatic heterocycles. The van der Waals surface area contributed by atoms with Crippen molar-refractivity contribution in [2.24, 2.45) is 11.7 Å². The zero-order valence-corrected chi connectivity index (χ0v) is 11.2. The molecule has 0 saturated carbocycles. The third-order valence-electron chi connectivity index (χ3n) is 3.10. The van der Waals surface area contributed by atoms with Crippen LogP contribution < -0.4 is 11.1 Å². The number of aliphatic carboxylic acids is 1.